The Balaban J connectivity index is 1.72. The number of thioether (sulfide) groups is 1. The minimum Gasteiger partial charge on any atom is -0.451 e. The molecule has 1 atom stereocenters. The summed E-state index contributed by atoms with van der Waals surface area (Å²) in [5.41, 5.74) is 1.28. The molecule has 0 aliphatic carbocycles. The number of amides is 1. The van der Waals surface area contributed by atoms with Crippen molar-refractivity contribution in [1.82, 2.24) is 0 Å². The number of hydrogen-bond acceptors (Lipinski definition) is 5. The lowest BCUT2D eigenvalue weighted by Crippen LogP contribution is -2.24. The molecule has 1 heterocycles. The number of fused-ring (bicyclic) bond motifs is 1. The van der Waals surface area contributed by atoms with Gasteiger partial charge in [0.05, 0.1) is 11.3 Å². The summed E-state index contributed by atoms with van der Waals surface area (Å²) in [6.45, 7) is 1.52. The fraction of sp³-hybridized carbons (Fsp3) is 0.211. The number of anilines is 1. The van der Waals surface area contributed by atoms with E-state index in [1.807, 2.05) is 0 Å². The zero-order valence-electron chi connectivity index (χ0n) is 14.0. The van der Waals surface area contributed by atoms with Crippen LogP contribution in [0.25, 0.3) is 0 Å². The molecule has 26 heavy (non-hydrogen) atoms. The molecule has 0 fully saturated rings. The molecule has 1 N–H and O–H groups in total. The molecule has 0 radical (unpaired) electrons. The summed E-state index contributed by atoms with van der Waals surface area (Å²) in [6.07, 6.45) is -0.516. The molecule has 1 amide bonds. The molecule has 3 rings (SSSR count). The predicted octanol–water partition coefficient (Wildman–Crippen LogP) is 4.20. The summed E-state index contributed by atoms with van der Waals surface area (Å²) in [5.74, 6) is -0.331. The van der Waals surface area contributed by atoms with Crippen LogP contribution in [0.4, 0.5) is 5.69 Å². The van der Waals surface area contributed by atoms with Gasteiger partial charge in [0.1, 0.15) is 0 Å². The van der Waals surface area contributed by atoms with Crippen molar-refractivity contribution >= 4 is 46.7 Å². The maximum atomic E-state index is 12.4. The maximum Gasteiger partial charge on any atom is 0.338 e. The minimum atomic E-state index is -0.938. The van der Waals surface area contributed by atoms with Crippen molar-refractivity contribution in [3.8, 4) is 0 Å². The average Bonchev–Trinajstić information content (AvgIpc) is 2.81. The van der Waals surface area contributed by atoms with E-state index in [1.54, 1.807) is 54.2 Å². The monoisotopic (exact) mass is 389 g/mol. The number of ether oxygens (including phenoxy) is 1. The number of ketones is 1. The first-order chi connectivity index (χ1) is 12.4. The Morgan fingerprint density at radius 3 is 2.58 bits per heavy atom. The van der Waals surface area contributed by atoms with Gasteiger partial charge in [-0.05, 0) is 49.4 Å². The van der Waals surface area contributed by atoms with E-state index in [1.165, 1.54) is 6.92 Å². The van der Waals surface area contributed by atoms with Gasteiger partial charge in [-0.2, -0.15) is 0 Å². The van der Waals surface area contributed by atoms with Crippen molar-refractivity contribution in [2.24, 2.45) is 0 Å². The first kappa shape index (κ1) is 18.5. The zero-order valence-corrected chi connectivity index (χ0v) is 15.5. The lowest BCUT2D eigenvalue weighted by molar-refractivity contribution is -0.115. The highest BCUT2D eigenvalue weighted by atomic mass is 35.5. The fourth-order valence-electron chi connectivity index (χ4n) is 2.48. The average molecular weight is 390 g/mol. The van der Waals surface area contributed by atoms with Crippen LogP contribution in [0.3, 0.4) is 0 Å². The highest BCUT2D eigenvalue weighted by molar-refractivity contribution is 7.99. The minimum absolute atomic E-state index is 0.0898. The molecule has 134 valence electrons. The summed E-state index contributed by atoms with van der Waals surface area (Å²) in [5, 5.41) is 3.30. The number of halogens is 1. The molecule has 2 aromatic carbocycles. The van der Waals surface area contributed by atoms with E-state index in [2.05, 4.69) is 5.32 Å². The van der Waals surface area contributed by atoms with Crippen molar-refractivity contribution in [2.45, 2.75) is 24.3 Å². The highest BCUT2D eigenvalue weighted by Crippen LogP contribution is 2.31. The number of benzene rings is 2. The van der Waals surface area contributed by atoms with E-state index in [0.29, 0.717) is 28.4 Å². The van der Waals surface area contributed by atoms with E-state index >= 15 is 0 Å². The molecule has 0 bridgehead atoms. The number of hydrogen-bond donors (Lipinski definition) is 1. The molecule has 0 spiro atoms. The van der Waals surface area contributed by atoms with Crippen molar-refractivity contribution in [1.29, 1.82) is 0 Å². The first-order valence-corrected chi connectivity index (χ1v) is 9.38. The van der Waals surface area contributed by atoms with Crippen LogP contribution in [0, 0.1) is 0 Å². The second-order valence-corrected chi connectivity index (χ2v) is 7.35. The molecular formula is C19H16ClNO4S. The van der Waals surface area contributed by atoms with Gasteiger partial charge in [0.25, 0.3) is 0 Å². The summed E-state index contributed by atoms with van der Waals surface area (Å²) in [6, 6.07) is 11.4. The molecule has 7 heteroatoms. The smallest absolute Gasteiger partial charge is 0.338 e. The van der Waals surface area contributed by atoms with Crippen LogP contribution in [0.15, 0.2) is 47.4 Å². The fourth-order valence-corrected chi connectivity index (χ4v) is 3.54. The normalized spacial score (nSPS) is 14.6. The Morgan fingerprint density at radius 1 is 1.15 bits per heavy atom. The van der Waals surface area contributed by atoms with Gasteiger partial charge in [-0.3, -0.25) is 9.59 Å². The Hall–Kier alpha value is -2.31. The number of rotatable bonds is 4. The molecule has 0 saturated carbocycles. The van der Waals surface area contributed by atoms with Gasteiger partial charge in [0, 0.05) is 27.7 Å². The van der Waals surface area contributed by atoms with Gasteiger partial charge in [-0.15, -0.1) is 11.8 Å². The Morgan fingerprint density at radius 2 is 1.85 bits per heavy atom. The van der Waals surface area contributed by atoms with Crippen molar-refractivity contribution in [2.75, 3.05) is 11.1 Å². The molecule has 0 saturated heterocycles. The molecule has 5 nitrogen and oxygen atoms in total. The second-order valence-electron chi connectivity index (χ2n) is 5.78. The van der Waals surface area contributed by atoms with Gasteiger partial charge in [-0.1, -0.05) is 11.6 Å². The lowest BCUT2D eigenvalue weighted by Gasteiger charge is -2.14. The van der Waals surface area contributed by atoms with Gasteiger partial charge in [0.15, 0.2) is 6.10 Å². The van der Waals surface area contributed by atoms with Crippen LogP contribution in [-0.2, 0) is 9.53 Å². The van der Waals surface area contributed by atoms with Crippen LogP contribution in [0.1, 0.15) is 34.1 Å². The summed E-state index contributed by atoms with van der Waals surface area (Å²) < 4.78 is 5.29. The first-order valence-electron chi connectivity index (χ1n) is 8.01. The van der Waals surface area contributed by atoms with Crippen LogP contribution < -0.4 is 5.32 Å². The summed E-state index contributed by atoms with van der Waals surface area (Å²) in [7, 11) is 0. The van der Waals surface area contributed by atoms with Gasteiger partial charge in [0.2, 0.25) is 11.7 Å². The lowest BCUT2D eigenvalue weighted by atomic mass is 10.1. The highest BCUT2D eigenvalue weighted by Gasteiger charge is 2.22. The van der Waals surface area contributed by atoms with Gasteiger partial charge < -0.3 is 10.1 Å². The van der Waals surface area contributed by atoms with Crippen LogP contribution in [0.5, 0.6) is 0 Å². The topological polar surface area (TPSA) is 72.5 Å². The number of Topliss-reactive ketones (excluding diaryl/α,β-unsaturated/α-hetero) is 1. The Bertz CT molecular complexity index is 866. The molecular weight excluding hydrogens is 374 g/mol. The largest absolute Gasteiger partial charge is 0.451 e. The van der Waals surface area contributed by atoms with Crippen molar-refractivity contribution in [3.05, 3.63) is 58.6 Å². The van der Waals surface area contributed by atoms with E-state index < -0.39 is 12.1 Å². The molecule has 1 aliphatic rings. The third-order valence-corrected chi connectivity index (χ3v) is 5.19. The van der Waals surface area contributed by atoms with Crippen LogP contribution >= 0.6 is 23.4 Å². The number of nitrogens with one attached hydrogen (secondary N) is 1. The van der Waals surface area contributed by atoms with Gasteiger partial charge in [-0.25, -0.2) is 4.79 Å². The van der Waals surface area contributed by atoms with Crippen LogP contribution in [-0.4, -0.2) is 29.5 Å². The SMILES string of the molecule is C[C@H](OC(=O)c1ccc2c(c1)NC(=O)CCS2)C(=O)c1ccc(Cl)cc1. The molecule has 0 aromatic heterocycles. The molecule has 1 aliphatic heterocycles. The maximum absolute atomic E-state index is 12.4. The summed E-state index contributed by atoms with van der Waals surface area (Å²) in [4.78, 5) is 37.3. The Kier molecular flexibility index (Phi) is 5.64. The number of esters is 1. The number of carbonyl (C=O) groups excluding carboxylic acids is 3. The quantitative estimate of drug-likeness (QED) is 0.626. The molecule has 0 unspecified atom stereocenters. The van der Waals surface area contributed by atoms with E-state index in [0.717, 1.165) is 4.90 Å². The van der Waals surface area contributed by atoms with E-state index in [9.17, 15) is 14.4 Å². The van der Waals surface area contributed by atoms with Crippen molar-refractivity contribution < 1.29 is 19.1 Å². The van der Waals surface area contributed by atoms with Crippen molar-refractivity contribution in [3.63, 3.8) is 0 Å². The number of carbonyl (C=O) groups is 3. The Labute approximate surface area is 160 Å². The van der Waals surface area contributed by atoms with E-state index in [-0.39, 0.29) is 17.3 Å². The molecule has 2 aromatic rings. The second kappa shape index (κ2) is 7.93. The summed E-state index contributed by atoms with van der Waals surface area (Å²) >= 11 is 7.36. The van der Waals surface area contributed by atoms with Gasteiger partial charge >= 0.3 is 5.97 Å². The predicted molar refractivity (Wildman–Crippen MR) is 101 cm³/mol. The third-order valence-electron chi connectivity index (χ3n) is 3.86. The third kappa shape index (κ3) is 4.26. The van der Waals surface area contributed by atoms with E-state index in [4.69, 9.17) is 16.3 Å². The standard InChI is InChI=1S/C19H16ClNO4S/c1-11(18(23)12-2-5-14(20)6-3-12)25-19(24)13-4-7-16-15(10-13)21-17(22)8-9-26-16/h2-7,10-11H,8-9H2,1H3,(H,21,22)/t11-/m0/s1. The zero-order chi connectivity index (χ0) is 18.7. The van der Waals surface area contributed by atoms with Crippen LogP contribution in [0.2, 0.25) is 5.02 Å².